The van der Waals surface area contributed by atoms with Crippen molar-refractivity contribution in [2.45, 2.75) is 52.4 Å². The highest BCUT2D eigenvalue weighted by atomic mass is 15.1. The second-order valence-electron chi connectivity index (χ2n) is 6.52. The number of hydrogen-bond acceptors (Lipinski definition) is 2. The molecule has 2 rings (SSSR count). The third-order valence-electron chi connectivity index (χ3n) is 4.98. The second-order valence-corrected chi connectivity index (χ2v) is 6.52. The van der Waals surface area contributed by atoms with Crippen LogP contribution in [0.2, 0.25) is 0 Å². The van der Waals surface area contributed by atoms with Gasteiger partial charge >= 0.3 is 0 Å². The van der Waals surface area contributed by atoms with Crippen LogP contribution < -0.4 is 0 Å². The van der Waals surface area contributed by atoms with E-state index in [0.29, 0.717) is 0 Å². The molecular formula is C19H30N2. The van der Waals surface area contributed by atoms with Gasteiger partial charge in [-0.25, -0.2) is 0 Å². The zero-order chi connectivity index (χ0) is 15.2. The maximum absolute atomic E-state index is 4.24. The summed E-state index contributed by atoms with van der Waals surface area (Å²) in [6.07, 6.45) is 5.01. The molecule has 1 aliphatic heterocycles. The van der Waals surface area contributed by atoms with Crippen LogP contribution >= 0.6 is 0 Å². The summed E-state index contributed by atoms with van der Waals surface area (Å²) in [5, 5.41) is 0. The van der Waals surface area contributed by atoms with Crippen LogP contribution in [0.5, 0.6) is 0 Å². The van der Waals surface area contributed by atoms with E-state index in [1.807, 2.05) is 7.05 Å². The van der Waals surface area contributed by atoms with Crippen molar-refractivity contribution in [2.75, 3.05) is 26.7 Å². The van der Waals surface area contributed by atoms with Gasteiger partial charge in [0.1, 0.15) is 0 Å². The van der Waals surface area contributed by atoms with Gasteiger partial charge in [0.15, 0.2) is 0 Å². The van der Waals surface area contributed by atoms with Gasteiger partial charge in [-0.2, -0.15) is 0 Å². The summed E-state index contributed by atoms with van der Waals surface area (Å²) in [4.78, 5) is 6.86. The minimum absolute atomic E-state index is 0.763. The topological polar surface area (TPSA) is 15.6 Å². The van der Waals surface area contributed by atoms with Crippen molar-refractivity contribution in [3.05, 3.63) is 34.9 Å². The van der Waals surface area contributed by atoms with Crippen molar-refractivity contribution in [3.63, 3.8) is 0 Å². The highest BCUT2D eigenvalue weighted by Gasteiger charge is 2.20. The Morgan fingerprint density at radius 1 is 1.19 bits per heavy atom. The lowest BCUT2D eigenvalue weighted by molar-refractivity contribution is 0.211. The van der Waals surface area contributed by atoms with E-state index in [9.17, 15) is 0 Å². The van der Waals surface area contributed by atoms with Crippen LogP contribution in [0.25, 0.3) is 0 Å². The Bertz CT molecular complexity index is 482. The monoisotopic (exact) mass is 286 g/mol. The molecule has 0 N–H and O–H groups in total. The summed E-state index contributed by atoms with van der Waals surface area (Å²) >= 11 is 0. The van der Waals surface area contributed by atoms with Crippen molar-refractivity contribution >= 4 is 5.71 Å². The summed E-state index contributed by atoms with van der Waals surface area (Å²) in [7, 11) is 1.89. The molecule has 0 radical (unpaired) electrons. The van der Waals surface area contributed by atoms with E-state index >= 15 is 0 Å². The maximum atomic E-state index is 4.24. The average molecular weight is 286 g/mol. The molecule has 0 spiro atoms. The van der Waals surface area contributed by atoms with Gasteiger partial charge in [-0.05, 0) is 88.7 Å². The minimum Gasteiger partial charge on any atom is -0.303 e. The summed E-state index contributed by atoms with van der Waals surface area (Å²) in [6, 6.07) is 7.02. The van der Waals surface area contributed by atoms with Gasteiger partial charge < -0.3 is 4.90 Å². The van der Waals surface area contributed by atoms with Crippen LogP contribution in [0.1, 0.15) is 55.2 Å². The quantitative estimate of drug-likeness (QED) is 0.735. The molecule has 2 heteroatoms. The van der Waals surface area contributed by atoms with Crippen LogP contribution in [-0.2, 0) is 0 Å². The van der Waals surface area contributed by atoms with E-state index in [4.69, 9.17) is 0 Å². The second kappa shape index (κ2) is 7.74. The van der Waals surface area contributed by atoms with Crippen LogP contribution in [0.4, 0.5) is 0 Å². The Morgan fingerprint density at radius 3 is 2.52 bits per heavy atom. The SMILES string of the molecule is CN=C(C)CCCN1CCC(c2ccc(C)c(C)c2)CC1. The largest absolute Gasteiger partial charge is 0.303 e. The molecule has 1 saturated heterocycles. The van der Waals surface area contributed by atoms with Gasteiger partial charge in [0.05, 0.1) is 0 Å². The van der Waals surface area contributed by atoms with Gasteiger partial charge in [-0.15, -0.1) is 0 Å². The molecule has 0 aliphatic carbocycles. The van der Waals surface area contributed by atoms with E-state index in [0.717, 1.165) is 12.3 Å². The number of benzene rings is 1. The third kappa shape index (κ3) is 4.67. The summed E-state index contributed by atoms with van der Waals surface area (Å²) in [5.41, 5.74) is 5.67. The standard InChI is InChI=1S/C19H30N2/c1-15-7-8-19(14-16(15)2)18-9-12-21(13-10-18)11-5-6-17(3)20-4/h7-8,14,18H,5-6,9-13H2,1-4H3. The summed E-state index contributed by atoms with van der Waals surface area (Å²) in [6.45, 7) is 10.3. The molecule has 1 aromatic carbocycles. The Balaban J connectivity index is 1.79. The minimum atomic E-state index is 0.763. The van der Waals surface area contributed by atoms with Gasteiger partial charge in [0, 0.05) is 12.8 Å². The average Bonchev–Trinajstić information content (AvgIpc) is 2.50. The molecule has 0 unspecified atom stereocenters. The molecule has 2 nitrogen and oxygen atoms in total. The molecule has 0 atom stereocenters. The zero-order valence-corrected chi connectivity index (χ0v) is 14.2. The van der Waals surface area contributed by atoms with Gasteiger partial charge in [-0.3, -0.25) is 4.99 Å². The first-order valence-electron chi connectivity index (χ1n) is 8.32. The Morgan fingerprint density at radius 2 is 1.90 bits per heavy atom. The molecule has 1 heterocycles. The van der Waals surface area contributed by atoms with E-state index in [2.05, 4.69) is 48.9 Å². The summed E-state index contributed by atoms with van der Waals surface area (Å²) < 4.78 is 0. The van der Waals surface area contributed by atoms with Crippen molar-refractivity contribution < 1.29 is 0 Å². The number of piperidine rings is 1. The Hall–Kier alpha value is -1.15. The first-order valence-corrected chi connectivity index (χ1v) is 8.32. The van der Waals surface area contributed by atoms with Gasteiger partial charge in [-0.1, -0.05) is 18.2 Å². The maximum Gasteiger partial charge on any atom is 0.0276 e. The molecule has 0 saturated carbocycles. The van der Waals surface area contributed by atoms with Gasteiger partial charge in [0.25, 0.3) is 0 Å². The first-order chi connectivity index (χ1) is 10.1. The summed E-state index contributed by atoms with van der Waals surface area (Å²) in [5.74, 6) is 0.763. The van der Waals surface area contributed by atoms with Crippen LogP contribution in [-0.4, -0.2) is 37.3 Å². The fraction of sp³-hybridized carbons (Fsp3) is 0.632. The smallest absolute Gasteiger partial charge is 0.0276 e. The molecule has 116 valence electrons. The molecule has 0 bridgehead atoms. The van der Waals surface area contributed by atoms with Crippen LogP contribution in [0, 0.1) is 13.8 Å². The normalized spacial score (nSPS) is 18.2. The Labute approximate surface area is 130 Å². The first kappa shape index (κ1) is 16.2. The van der Waals surface area contributed by atoms with E-state index < -0.39 is 0 Å². The number of aliphatic imine (C=N–C) groups is 1. The molecule has 0 amide bonds. The zero-order valence-electron chi connectivity index (χ0n) is 14.2. The van der Waals surface area contributed by atoms with E-state index in [-0.39, 0.29) is 0 Å². The molecule has 0 aromatic heterocycles. The third-order valence-corrected chi connectivity index (χ3v) is 4.98. The van der Waals surface area contributed by atoms with Crippen LogP contribution in [0.15, 0.2) is 23.2 Å². The van der Waals surface area contributed by atoms with Gasteiger partial charge in [0.2, 0.25) is 0 Å². The highest BCUT2D eigenvalue weighted by molar-refractivity contribution is 5.81. The number of rotatable bonds is 5. The van der Waals surface area contributed by atoms with Crippen molar-refractivity contribution in [2.24, 2.45) is 4.99 Å². The van der Waals surface area contributed by atoms with Crippen LogP contribution in [0.3, 0.4) is 0 Å². The van der Waals surface area contributed by atoms with E-state index in [1.165, 1.54) is 55.7 Å². The molecular weight excluding hydrogens is 256 g/mol. The number of hydrogen-bond donors (Lipinski definition) is 0. The number of aryl methyl sites for hydroxylation is 2. The lowest BCUT2D eigenvalue weighted by atomic mass is 9.88. The lowest BCUT2D eigenvalue weighted by Crippen LogP contribution is -2.33. The molecule has 1 aromatic rings. The fourth-order valence-corrected chi connectivity index (χ4v) is 3.18. The highest BCUT2D eigenvalue weighted by Crippen LogP contribution is 2.29. The molecule has 21 heavy (non-hydrogen) atoms. The molecule has 1 fully saturated rings. The lowest BCUT2D eigenvalue weighted by Gasteiger charge is -2.32. The van der Waals surface area contributed by atoms with Crippen molar-refractivity contribution in [1.82, 2.24) is 4.90 Å². The molecule has 1 aliphatic rings. The predicted molar refractivity (Wildman–Crippen MR) is 92.6 cm³/mol. The fourth-order valence-electron chi connectivity index (χ4n) is 3.18. The van der Waals surface area contributed by atoms with Crippen molar-refractivity contribution in [3.8, 4) is 0 Å². The Kier molecular flexibility index (Phi) is 5.98. The predicted octanol–water partition coefficient (Wildman–Crippen LogP) is 4.35. The van der Waals surface area contributed by atoms with Crippen molar-refractivity contribution in [1.29, 1.82) is 0 Å². The van der Waals surface area contributed by atoms with E-state index in [1.54, 1.807) is 5.56 Å². The number of likely N-dealkylation sites (tertiary alicyclic amines) is 1. The number of nitrogens with zero attached hydrogens (tertiary/aromatic N) is 2.